The maximum atomic E-state index is 4.22. The van der Waals surface area contributed by atoms with Crippen molar-refractivity contribution in [3.63, 3.8) is 0 Å². The van der Waals surface area contributed by atoms with Crippen molar-refractivity contribution in [2.45, 2.75) is 13.5 Å². The number of H-pyrrole nitrogens is 1. The minimum atomic E-state index is 0.669. The summed E-state index contributed by atoms with van der Waals surface area (Å²) in [5.41, 5.74) is 2.66. The lowest BCUT2D eigenvalue weighted by molar-refractivity contribution is 0.637. The molecular formula is C11H13N7. The second-order valence-electron chi connectivity index (χ2n) is 4.03. The second kappa shape index (κ2) is 4.44. The highest BCUT2D eigenvalue weighted by Gasteiger charge is 2.04. The molecule has 0 aliphatic heterocycles. The fourth-order valence-electron chi connectivity index (χ4n) is 1.78. The average Bonchev–Trinajstić information content (AvgIpc) is 2.98. The van der Waals surface area contributed by atoms with Crippen LogP contribution >= 0.6 is 0 Å². The first kappa shape index (κ1) is 10.7. The maximum absolute atomic E-state index is 4.22. The van der Waals surface area contributed by atoms with Gasteiger partial charge in [0, 0.05) is 12.7 Å². The van der Waals surface area contributed by atoms with Crippen LogP contribution in [0.1, 0.15) is 5.56 Å². The minimum absolute atomic E-state index is 0.669. The van der Waals surface area contributed by atoms with Crippen LogP contribution in [-0.4, -0.2) is 36.3 Å². The van der Waals surface area contributed by atoms with Gasteiger partial charge in [-0.25, -0.2) is 15.0 Å². The highest BCUT2D eigenvalue weighted by atomic mass is 15.3. The number of anilines is 1. The van der Waals surface area contributed by atoms with Crippen molar-refractivity contribution < 1.29 is 0 Å². The zero-order valence-corrected chi connectivity index (χ0v) is 9.96. The Morgan fingerprint density at radius 2 is 2.28 bits per heavy atom. The Bertz CT molecular complexity index is 654. The molecule has 0 saturated carbocycles. The van der Waals surface area contributed by atoms with E-state index in [0.29, 0.717) is 5.65 Å². The molecule has 0 saturated heterocycles. The monoisotopic (exact) mass is 243 g/mol. The van der Waals surface area contributed by atoms with Gasteiger partial charge in [-0.3, -0.25) is 4.68 Å². The third kappa shape index (κ3) is 2.02. The van der Waals surface area contributed by atoms with E-state index in [2.05, 4.69) is 30.4 Å². The number of nitrogens with zero attached hydrogens (tertiary/aromatic N) is 5. The van der Waals surface area contributed by atoms with E-state index in [1.54, 1.807) is 6.33 Å². The lowest BCUT2D eigenvalue weighted by Gasteiger charge is -2.05. The van der Waals surface area contributed by atoms with Crippen LogP contribution in [0.3, 0.4) is 0 Å². The van der Waals surface area contributed by atoms with Gasteiger partial charge in [0.15, 0.2) is 11.5 Å². The molecule has 0 unspecified atom stereocenters. The van der Waals surface area contributed by atoms with Gasteiger partial charge in [0.1, 0.15) is 11.8 Å². The molecule has 7 nitrogen and oxygen atoms in total. The molecule has 0 aromatic carbocycles. The lowest BCUT2D eigenvalue weighted by atomic mass is 10.4. The van der Waals surface area contributed by atoms with Gasteiger partial charge in [-0.1, -0.05) is 0 Å². The van der Waals surface area contributed by atoms with E-state index in [1.165, 1.54) is 6.33 Å². The number of aromatic amines is 1. The zero-order chi connectivity index (χ0) is 12.4. The second-order valence-corrected chi connectivity index (χ2v) is 4.03. The van der Waals surface area contributed by atoms with Gasteiger partial charge in [-0.05, 0) is 12.5 Å². The summed E-state index contributed by atoms with van der Waals surface area (Å²) in [5, 5.41) is 7.47. The van der Waals surface area contributed by atoms with E-state index in [4.69, 9.17) is 0 Å². The molecule has 0 aliphatic rings. The number of hydrogen-bond acceptors (Lipinski definition) is 5. The number of imidazole rings is 1. The molecule has 0 atom stereocenters. The third-order valence-electron chi connectivity index (χ3n) is 2.62. The van der Waals surface area contributed by atoms with Gasteiger partial charge in [-0.2, -0.15) is 5.10 Å². The Morgan fingerprint density at radius 3 is 3.11 bits per heavy atom. The predicted molar refractivity (Wildman–Crippen MR) is 67.1 cm³/mol. The summed E-state index contributed by atoms with van der Waals surface area (Å²) < 4.78 is 1.90. The van der Waals surface area contributed by atoms with E-state index in [0.717, 1.165) is 30.0 Å². The average molecular weight is 243 g/mol. The molecule has 3 heterocycles. The molecule has 0 fully saturated rings. The third-order valence-corrected chi connectivity index (χ3v) is 2.62. The quantitative estimate of drug-likeness (QED) is 0.713. The summed E-state index contributed by atoms with van der Waals surface area (Å²) in [7, 11) is 0. The van der Waals surface area contributed by atoms with Gasteiger partial charge in [0.05, 0.1) is 19.1 Å². The first-order chi connectivity index (χ1) is 8.83. The normalized spacial score (nSPS) is 10.9. The number of aromatic nitrogens is 6. The molecular weight excluding hydrogens is 230 g/mol. The van der Waals surface area contributed by atoms with Crippen LogP contribution in [0.25, 0.3) is 11.2 Å². The highest BCUT2D eigenvalue weighted by Crippen LogP contribution is 2.13. The van der Waals surface area contributed by atoms with Crippen LogP contribution < -0.4 is 5.32 Å². The fourth-order valence-corrected chi connectivity index (χ4v) is 1.78. The summed E-state index contributed by atoms with van der Waals surface area (Å²) in [6.45, 7) is 3.55. The molecule has 7 heteroatoms. The molecule has 0 aliphatic carbocycles. The Hall–Kier alpha value is -2.44. The number of aryl methyl sites for hydroxylation is 1. The van der Waals surface area contributed by atoms with Crippen LogP contribution in [0.5, 0.6) is 0 Å². The molecule has 2 N–H and O–H groups in total. The van der Waals surface area contributed by atoms with Crippen LogP contribution in [0, 0.1) is 6.92 Å². The topological polar surface area (TPSA) is 84.3 Å². The Labute approximate surface area is 103 Å². The van der Waals surface area contributed by atoms with Crippen molar-refractivity contribution in [1.29, 1.82) is 0 Å². The first-order valence-electron chi connectivity index (χ1n) is 5.70. The van der Waals surface area contributed by atoms with Crippen molar-refractivity contribution >= 4 is 17.0 Å². The first-order valence-corrected chi connectivity index (χ1v) is 5.70. The van der Waals surface area contributed by atoms with E-state index < -0.39 is 0 Å². The Morgan fingerprint density at radius 1 is 1.33 bits per heavy atom. The van der Waals surface area contributed by atoms with Gasteiger partial charge in [0.25, 0.3) is 0 Å². The minimum Gasteiger partial charge on any atom is -0.366 e. The predicted octanol–water partition coefficient (Wildman–Crippen LogP) is 0.970. The summed E-state index contributed by atoms with van der Waals surface area (Å²) >= 11 is 0. The molecule has 3 aromatic heterocycles. The van der Waals surface area contributed by atoms with E-state index in [1.807, 2.05) is 24.0 Å². The summed E-state index contributed by atoms with van der Waals surface area (Å²) in [4.78, 5) is 15.4. The Kier molecular flexibility index (Phi) is 2.64. The van der Waals surface area contributed by atoms with Crippen molar-refractivity contribution in [3.8, 4) is 0 Å². The molecule has 0 bridgehead atoms. The van der Waals surface area contributed by atoms with Crippen molar-refractivity contribution in [2.24, 2.45) is 0 Å². The molecule has 0 amide bonds. The lowest BCUT2D eigenvalue weighted by Crippen LogP contribution is -2.12. The van der Waals surface area contributed by atoms with Crippen LogP contribution in [0.4, 0.5) is 5.82 Å². The molecule has 18 heavy (non-hydrogen) atoms. The van der Waals surface area contributed by atoms with Crippen molar-refractivity contribution in [2.75, 3.05) is 11.9 Å². The van der Waals surface area contributed by atoms with E-state index in [-0.39, 0.29) is 0 Å². The number of fused-ring (bicyclic) bond motifs is 1. The smallest absolute Gasteiger partial charge is 0.182 e. The largest absolute Gasteiger partial charge is 0.366 e. The molecule has 3 aromatic rings. The Balaban J connectivity index is 1.68. The van der Waals surface area contributed by atoms with Crippen LogP contribution in [-0.2, 0) is 6.54 Å². The zero-order valence-electron chi connectivity index (χ0n) is 9.96. The van der Waals surface area contributed by atoms with Crippen molar-refractivity contribution in [1.82, 2.24) is 29.7 Å². The maximum Gasteiger partial charge on any atom is 0.182 e. The van der Waals surface area contributed by atoms with Crippen LogP contribution in [0.15, 0.2) is 25.0 Å². The molecule has 0 spiro atoms. The van der Waals surface area contributed by atoms with E-state index in [9.17, 15) is 0 Å². The standard InChI is InChI=1S/C11H13N7/c1-8-4-17-18(5-8)3-2-12-10-9-11(14-6-13-9)16-7-15-10/h4-7H,2-3H2,1H3,(H2,12,13,14,15,16). The van der Waals surface area contributed by atoms with Gasteiger partial charge >= 0.3 is 0 Å². The van der Waals surface area contributed by atoms with E-state index >= 15 is 0 Å². The molecule has 0 radical (unpaired) electrons. The van der Waals surface area contributed by atoms with Gasteiger partial charge in [-0.15, -0.1) is 0 Å². The number of nitrogens with one attached hydrogen (secondary N) is 2. The summed E-state index contributed by atoms with van der Waals surface area (Å²) in [6.07, 6.45) is 6.97. The highest BCUT2D eigenvalue weighted by molar-refractivity contribution is 5.81. The van der Waals surface area contributed by atoms with Crippen LogP contribution in [0.2, 0.25) is 0 Å². The summed E-state index contributed by atoms with van der Waals surface area (Å²) in [6, 6.07) is 0. The fraction of sp³-hybridized carbons (Fsp3) is 0.273. The SMILES string of the molecule is Cc1cnn(CCNc2ncnc3nc[nH]c23)c1. The summed E-state index contributed by atoms with van der Waals surface area (Å²) in [5.74, 6) is 0.765. The molecule has 92 valence electrons. The number of hydrogen-bond donors (Lipinski definition) is 2. The van der Waals surface area contributed by atoms with Crippen molar-refractivity contribution in [3.05, 3.63) is 30.6 Å². The van der Waals surface area contributed by atoms with Gasteiger partial charge < -0.3 is 10.3 Å². The van der Waals surface area contributed by atoms with Gasteiger partial charge in [0.2, 0.25) is 0 Å². The number of rotatable bonds is 4. The molecule has 3 rings (SSSR count).